The predicted octanol–water partition coefficient (Wildman–Crippen LogP) is 4.91. The lowest BCUT2D eigenvalue weighted by Crippen LogP contribution is -2.48. The SMILES string of the molecule is CC(C)(C)N(CC1CCC(NC(=O)c2cccc3ccccc23)CC1)C(=O)O. The molecular weight excluding hydrogens is 352 g/mol. The number of nitrogens with one attached hydrogen (secondary N) is 1. The van der Waals surface area contributed by atoms with Crippen molar-refractivity contribution in [3.63, 3.8) is 0 Å². The lowest BCUT2D eigenvalue weighted by molar-refractivity contribution is 0.0797. The average molecular weight is 383 g/mol. The molecule has 0 bridgehead atoms. The largest absolute Gasteiger partial charge is 0.465 e. The molecule has 5 nitrogen and oxygen atoms in total. The van der Waals surface area contributed by atoms with Gasteiger partial charge in [-0.1, -0.05) is 36.4 Å². The summed E-state index contributed by atoms with van der Waals surface area (Å²) in [6, 6.07) is 13.9. The molecule has 5 heteroatoms. The minimum atomic E-state index is -0.862. The third-order valence-electron chi connectivity index (χ3n) is 5.70. The van der Waals surface area contributed by atoms with Gasteiger partial charge in [-0.25, -0.2) is 4.79 Å². The molecule has 0 heterocycles. The van der Waals surface area contributed by atoms with Crippen LogP contribution in [0.1, 0.15) is 56.8 Å². The van der Waals surface area contributed by atoms with Crippen LogP contribution in [-0.2, 0) is 0 Å². The standard InChI is InChI=1S/C23H30N2O3/c1-23(2,3)25(22(27)28)15-16-11-13-18(14-12-16)24-21(26)20-10-6-8-17-7-4-5-9-19(17)20/h4-10,16,18H,11-15H2,1-3H3,(H,24,26)(H,27,28). The molecule has 1 saturated carbocycles. The van der Waals surface area contributed by atoms with Crippen molar-refractivity contribution in [2.45, 2.75) is 58.0 Å². The molecule has 0 spiro atoms. The molecule has 1 fully saturated rings. The zero-order chi connectivity index (χ0) is 20.3. The van der Waals surface area contributed by atoms with Crippen LogP contribution in [0, 0.1) is 5.92 Å². The lowest BCUT2D eigenvalue weighted by atomic mass is 9.85. The van der Waals surface area contributed by atoms with E-state index in [1.165, 1.54) is 4.90 Å². The summed E-state index contributed by atoms with van der Waals surface area (Å²) in [4.78, 5) is 25.9. The second kappa shape index (κ2) is 8.21. The molecule has 0 atom stereocenters. The van der Waals surface area contributed by atoms with Crippen molar-refractivity contribution in [2.75, 3.05) is 6.54 Å². The van der Waals surface area contributed by atoms with Crippen molar-refractivity contribution in [1.82, 2.24) is 10.2 Å². The number of nitrogens with zero attached hydrogens (tertiary/aromatic N) is 1. The minimum Gasteiger partial charge on any atom is -0.465 e. The minimum absolute atomic E-state index is 0.0258. The van der Waals surface area contributed by atoms with E-state index in [1.54, 1.807) is 0 Å². The molecule has 2 N–H and O–H groups in total. The molecule has 2 aromatic rings. The Morgan fingerprint density at radius 3 is 2.32 bits per heavy atom. The van der Waals surface area contributed by atoms with Crippen molar-refractivity contribution < 1.29 is 14.7 Å². The predicted molar refractivity (Wildman–Crippen MR) is 112 cm³/mol. The van der Waals surface area contributed by atoms with Gasteiger partial charge >= 0.3 is 6.09 Å². The highest BCUT2D eigenvalue weighted by molar-refractivity contribution is 6.07. The van der Waals surface area contributed by atoms with E-state index in [1.807, 2.05) is 63.2 Å². The molecular formula is C23H30N2O3. The van der Waals surface area contributed by atoms with Crippen LogP contribution in [0.2, 0.25) is 0 Å². The maximum atomic E-state index is 12.8. The number of carbonyl (C=O) groups excluding carboxylic acids is 1. The van der Waals surface area contributed by atoms with E-state index in [-0.39, 0.29) is 11.9 Å². The van der Waals surface area contributed by atoms with Crippen LogP contribution in [0.4, 0.5) is 4.79 Å². The summed E-state index contributed by atoms with van der Waals surface area (Å²) in [6.07, 6.45) is 2.77. The first kappa shape index (κ1) is 20.2. The van der Waals surface area contributed by atoms with Crippen molar-refractivity contribution in [3.8, 4) is 0 Å². The molecule has 3 rings (SSSR count). The van der Waals surface area contributed by atoms with E-state index >= 15 is 0 Å². The highest BCUT2D eigenvalue weighted by Crippen LogP contribution is 2.28. The van der Waals surface area contributed by atoms with Gasteiger partial charge in [0.25, 0.3) is 5.91 Å². The Bertz CT molecular complexity index is 843. The summed E-state index contributed by atoms with van der Waals surface area (Å²) in [7, 11) is 0. The van der Waals surface area contributed by atoms with Gasteiger partial charge in [0, 0.05) is 23.7 Å². The zero-order valence-electron chi connectivity index (χ0n) is 16.9. The number of benzene rings is 2. The molecule has 150 valence electrons. The normalized spacial score (nSPS) is 20.0. The first-order chi connectivity index (χ1) is 13.3. The van der Waals surface area contributed by atoms with Crippen LogP contribution in [0.25, 0.3) is 10.8 Å². The maximum absolute atomic E-state index is 12.8. The van der Waals surface area contributed by atoms with Crippen LogP contribution in [0.5, 0.6) is 0 Å². The van der Waals surface area contributed by atoms with Crippen molar-refractivity contribution >= 4 is 22.8 Å². The van der Waals surface area contributed by atoms with Crippen molar-refractivity contribution in [3.05, 3.63) is 48.0 Å². The van der Waals surface area contributed by atoms with Gasteiger partial charge in [0.1, 0.15) is 0 Å². The Hall–Kier alpha value is -2.56. The molecule has 2 amide bonds. The fraction of sp³-hybridized carbons (Fsp3) is 0.478. The molecule has 0 unspecified atom stereocenters. The van der Waals surface area contributed by atoms with E-state index in [4.69, 9.17) is 0 Å². The Morgan fingerprint density at radius 1 is 1.04 bits per heavy atom. The molecule has 0 radical (unpaired) electrons. The third-order valence-corrected chi connectivity index (χ3v) is 5.70. The van der Waals surface area contributed by atoms with Crippen LogP contribution in [0.3, 0.4) is 0 Å². The van der Waals surface area contributed by atoms with E-state index in [0.717, 1.165) is 36.5 Å². The van der Waals surface area contributed by atoms with Crippen LogP contribution in [0.15, 0.2) is 42.5 Å². The third kappa shape index (κ3) is 4.64. The van der Waals surface area contributed by atoms with Crippen LogP contribution >= 0.6 is 0 Å². The molecule has 2 aromatic carbocycles. The molecule has 1 aliphatic rings. The van der Waals surface area contributed by atoms with Gasteiger partial charge in [0.15, 0.2) is 0 Å². The quantitative estimate of drug-likeness (QED) is 0.789. The van der Waals surface area contributed by atoms with E-state index < -0.39 is 11.6 Å². The van der Waals surface area contributed by atoms with Gasteiger partial charge in [-0.15, -0.1) is 0 Å². The monoisotopic (exact) mass is 382 g/mol. The van der Waals surface area contributed by atoms with Crippen molar-refractivity contribution in [2.24, 2.45) is 5.92 Å². The van der Waals surface area contributed by atoms with Gasteiger partial charge in [0.2, 0.25) is 0 Å². The molecule has 0 aliphatic heterocycles. The topological polar surface area (TPSA) is 69.6 Å². The summed E-state index contributed by atoms with van der Waals surface area (Å²) >= 11 is 0. The Labute approximate surface area is 166 Å². The number of carbonyl (C=O) groups is 2. The summed E-state index contributed by atoms with van der Waals surface area (Å²) in [5.41, 5.74) is 0.315. The molecule has 1 aliphatic carbocycles. The van der Waals surface area contributed by atoms with Gasteiger partial charge in [-0.3, -0.25) is 4.79 Å². The first-order valence-corrected chi connectivity index (χ1v) is 10.0. The fourth-order valence-electron chi connectivity index (χ4n) is 4.07. The Morgan fingerprint density at radius 2 is 1.68 bits per heavy atom. The molecule has 28 heavy (non-hydrogen) atoms. The van der Waals surface area contributed by atoms with E-state index in [9.17, 15) is 14.7 Å². The smallest absolute Gasteiger partial charge is 0.407 e. The fourth-order valence-corrected chi connectivity index (χ4v) is 4.07. The van der Waals surface area contributed by atoms with Gasteiger partial charge in [-0.2, -0.15) is 0 Å². The van der Waals surface area contributed by atoms with Crippen molar-refractivity contribution in [1.29, 1.82) is 0 Å². The molecule has 0 saturated heterocycles. The van der Waals surface area contributed by atoms with Gasteiger partial charge in [0.05, 0.1) is 0 Å². The number of rotatable bonds is 4. The van der Waals surface area contributed by atoms with E-state index in [2.05, 4.69) is 5.32 Å². The summed E-state index contributed by atoms with van der Waals surface area (Å²) < 4.78 is 0. The summed E-state index contributed by atoms with van der Waals surface area (Å²) in [6.45, 7) is 6.34. The van der Waals surface area contributed by atoms with Crippen LogP contribution < -0.4 is 5.32 Å². The number of hydrogen-bond acceptors (Lipinski definition) is 2. The second-order valence-electron chi connectivity index (χ2n) is 8.78. The number of amides is 2. The Balaban J connectivity index is 1.58. The maximum Gasteiger partial charge on any atom is 0.407 e. The zero-order valence-corrected chi connectivity index (χ0v) is 16.9. The number of fused-ring (bicyclic) bond motifs is 1. The number of hydrogen-bond donors (Lipinski definition) is 2. The highest BCUT2D eigenvalue weighted by atomic mass is 16.4. The van der Waals surface area contributed by atoms with Gasteiger partial charge in [-0.05, 0) is 69.2 Å². The second-order valence-corrected chi connectivity index (χ2v) is 8.78. The summed E-state index contributed by atoms with van der Waals surface area (Å²) in [5.74, 6) is 0.322. The highest BCUT2D eigenvalue weighted by Gasteiger charge is 2.31. The number of carboxylic acid groups (broad SMARTS) is 1. The van der Waals surface area contributed by atoms with Crippen LogP contribution in [-0.4, -0.2) is 40.1 Å². The Kier molecular flexibility index (Phi) is 5.92. The van der Waals surface area contributed by atoms with E-state index in [0.29, 0.717) is 18.0 Å². The molecule has 0 aromatic heterocycles. The average Bonchev–Trinajstić information content (AvgIpc) is 2.65. The van der Waals surface area contributed by atoms with Gasteiger partial charge < -0.3 is 15.3 Å². The summed E-state index contributed by atoms with van der Waals surface area (Å²) in [5, 5.41) is 14.7. The lowest BCUT2D eigenvalue weighted by Gasteiger charge is -2.38. The first-order valence-electron chi connectivity index (χ1n) is 10.0.